The molecule has 2 aromatic rings. The van der Waals surface area contributed by atoms with Gasteiger partial charge in [0.25, 0.3) is 0 Å². The van der Waals surface area contributed by atoms with Gasteiger partial charge in [-0.25, -0.2) is 4.79 Å². The molecule has 18 heavy (non-hydrogen) atoms. The SMILES string of the molecule is Cc1cnc(CNc2ccc(C(=O)O)nn2)cn1. The summed E-state index contributed by atoms with van der Waals surface area (Å²) >= 11 is 0. The number of hydrogen-bond donors (Lipinski definition) is 2. The van der Waals surface area contributed by atoms with Crippen molar-refractivity contribution in [3.8, 4) is 0 Å². The Morgan fingerprint density at radius 2 is 2.11 bits per heavy atom. The summed E-state index contributed by atoms with van der Waals surface area (Å²) < 4.78 is 0. The van der Waals surface area contributed by atoms with Crippen molar-refractivity contribution in [2.24, 2.45) is 0 Å². The van der Waals surface area contributed by atoms with Gasteiger partial charge in [0.15, 0.2) is 5.69 Å². The maximum Gasteiger partial charge on any atom is 0.356 e. The van der Waals surface area contributed by atoms with Crippen molar-refractivity contribution in [2.45, 2.75) is 13.5 Å². The quantitative estimate of drug-likeness (QED) is 0.824. The zero-order valence-electron chi connectivity index (χ0n) is 9.66. The molecule has 0 aromatic carbocycles. The predicted molar refractivity (Wildman–Crippen MR) is 63.1 cm³/mol. The van der Waals surface area contributed by atoms with Crippen LogP contribution in [0.1, 0.15) is 21.9 Å². The highest BCUT2D eigenvalue weighted by atomic mass is 16.4. The molecule has 0 radical (unpaired) electrons. The van der Waals surface area contributed by atoms with Crippen LogP contribution in [0.4, 0.5) is 5.82 Å². The van der Waals surface area contributed by atoms with E-state index in [2.05, 4.69) is 25.5 Å². The fraction of sp³-hybridized carbons (Fsp3) is 0.182. The van der Waals surface area contributed by atoms with E-state index in [0.29, 0.717) is 12.4 Å². The normalized spacial score (nSPS) is 10.1. The van der Waals surface area contributed by atoms with E-state index in [4.69, 9.17) is 5.11 Å². The van der Waals surface area contributed by atoms with Gasteiger partial charge in [-0.1, -0.05) is 0 Å². The lowest BCUT2D eigenvalue weighted by Crippen LogP contribution is -2.07. The highest BCUT2D eigenvalue weighted by Gasteiger charge is 2.04. The van der Waals surface area contributed by atoms with Crippen LogP contribution in [-0.4, -0.2) is 31.2 Å². The van der Waals surface area contributed by atoms with Crippen molar-refractivity contribution < 1.29 is 9.90 Å². The third kappa shape index (κ3) is 2.97. The van der Waals surface area contributed by atoms with Crippen LogP contribution in [0, 0.1) is 6.92 Å². The number of aromatic nitrogens is 4. The maximum atomic E-state index is 10.6. The molecule has 0 aliphatic heterocycles. The first-order valence-corrected chi connectivity index (χ1v) is 5.23. The van der Waals surface area contributed by atoms with Gasteiger partial charge in [-0.3, -0.25) is 9.97 Å². The Morgan fingerprint density at radius 3 is 2.67 bits per heavy atom. The van der Waals surface area contributed by atoms with E-state index in [0.717, 1.165) is 11.4 Å². The number of carboxylic acids is 1. The second kappa shape index (κ2) is 5.17. The topological polar surface area (TPSA) is 101 Å². The molecule has 0 unspecified atom stereocenters. The number of nitrogens with zero attached hydrogens (tertiary/aromatic N) is 4. The Kier molecular flexibility index (Phi) is 3.42. The Labute approximate surface area is 103 Å². The maximum absolute atomic E-state index is 10.6. The summed E-state index contributed by atoms with van der Waals surface area (Å²) in [5, 5.41) is 18.9. The molecule has 7 nitrogen and oxygen atoms in total. The summed E-state index contributed by atoms with van der Waals surface area (Å²) in [6.07, 6.45) is 3.34. The van der Waals surface area contributed by atoms with Crippen LogP contribution < -0.4 is 5.32 Å². The minimum atomic E-state index is -1.10. The first-order valence-electron chi connectivity index (χ1n) is 5.23. The van der Waals surface area contributed by atoms with Gasteiger partial charge in [0.05, 0.1) is 24.1 Å². The minimum absolute atomic E-state index is 0.0873. The summed E-state index contributed by atoms with van der Waals surface area (Å²) in [5.74, 6) is -0.610. The van der Waals surface area contributed by atoms with Crippen LogP contribution in [0.25, 0.3) is 0 Å². The smallest absolute Gasteiger partial charge is 0.356 e. The molecule has 0 bridgehead atoms. The number of carbonyl (C=O) groups is 1. The van der Waals surface area contributed by atoms with Gasteiger partial charge in [-0.15, -0.1) is 10.2 Å². The zero-order valence-corrected chi connectivity index (χ0v) is 9.66. The third-order valence-corrected chi connectivity index (χ3v) is 2.17. The van der Waals surface area contributed by atoms with Crippen LogP contribution in [0.2, 0.25) is 0 Å². The second-order valence-electron chi connectivity index (χ2n) is 3.61. The largest absolute Gasteiger partial charge is 0.476 e. The Morgan fingerprint density at radius 1 is 1.28 bits per heavy atom. The Balaban J connectivity index is 1.97. The van der Waals surface area contributed by atoms with E-state index >= 15 is 0 Å². The average molecular weight is 245 g/mol. The first-order chi connectivity index (χ1) is 8.65. The molecule has 0 atom stereocenters. The van der Waals surface area contributed by atoms with Crippen molar-refractivity contribution >= 4 is 11.8 Å². The van der Waals surface area contributed by atoms with Gasteiger partial charge in [-0.05, 0) is 19.1 Å². The molecule has 2 rings (SSSR count). The number of aromatic carboxylic acids is 1. The van der Waals surface area contributed by atoms with Gasteiger partial charge in [0.2, 0.25) is 0 Å². The van der Waals surface area contributed by atoms with Gasteiger partial charge >= 0.3 is 5.97 Å². The highest BCUT2D eigenvalue weighted by molar-refractivity contribution is 5.85. The third-order valence-electron chi connectivity index (χ3n) is 2.17. The molecule has 7 heteroatoms. The number of carboxylic acid groups (broad SMARTS) is 1. The lowest BCUT2D eigenvalue weighted by molar-refractivity contribution is 0.0689. The predicted octanol–water partition coefficient (Wildman–Crippen LogP) is 0.885. The van der Waals surface area contributed by atoms with E-state index in [1.54, 1.807) is 18.5 Å². The van der Waals surface area contributed by atoms with Crippen molar-refractivity contribution in [3.05, 3.63) is 41.6 Å². The number of rotatable bonds is 4. The highest BCUT2D eigenvalue weighted by Crippen LogP contribution is 2.04. The molecule has 0 saturated carbocycles. The molecule has 0 aliphatic carbocycles. The van der Waals surface area contributed by atoms with Gasteiger partial charge in [0, 0.05) is 6.20 Å². The monoisotopic (exact) mass is 245 g/mol. The van der Waals surface area contributed by atoms with E-state index in [9.17, 15) is 4.79 Å². The second-order valence-corrected chi connectivity index (χ2v) is 3.61. The summed E-state index contributed by atoms with van der Waals surface area (Å²) in [4.78, 5) is 18.9. The summed E-state index contributed by atoms with van der Waals surface area (Å²) in [6, 6.07) is 2.94. The summed E-state index contributed by atoms with van der Waals surface area (Å²) in [6.45, 7) is 2.31. The van der Waals surface area contributed by atoms with E-state index in [1.807, 2.05) is 6.92 Å². The van der Waals surface area contributed by atoms with Crippen LogP contribution in [0.3, 0.4) is 0 Å². The molecule has 2 N–H and O–H groups in total. The first kappa shape index (κ1) is 11.9. The fourth-order valence-corrected chi connectivity index (χ4v) is 1.23. The van der Waals surface area contributed by atoms with Crippen LogP contribution in [-0.2, 0) is 6.54 Å². The summed E-state index contributed by atoms with van der Waals surface area (Å²) in [5.41, 5.74) is 1.53. The molecule has 0 fully saturated rings. The van der Waals surface area contributed by atoms with Crippen LogP contribution in [0.15, 0.2) is 24.5 Å². The van der Waals surface area contributed by atoms with Crippen LogP contribution in [0.5, 0.6) is 0 Å². The Bertz CT molecular complexity index is 538. The number of aryl methyl sites for hydroxylation is 1. The van der Waals surface area contributed by atoms with E-state index in [1.165, 1.54) is 6.07 Å². The van der Waals surface area contributed by atoms with Gasteiger partial charge in [0.1, 0.15) is 5.82 Å². The van der Waals surface area contributed by atoms with Crippen molar-refractivity contribution in [2.75, 3.05) is 5.32 Å². The fourth-order valence-electron chi connectivity index (χ4n) is 1.23. The van der Waals surface area contributed by atoms with Crippen molar-refractivity contribution in [3.63, 3.8) is 0 Å². The lowest BCUT2D eigenvalue weighted by Gasteiger charge is -2.04. The van der Waals surface area contributed by atoms with Gasteiger partial charge < -0.3 is 10.4 Å². The lowest BCUT2D eigenvalue weighted by atomic mass is 10.4. The average Bonchev–Trinajstić information content (AvgIpc) is 2.38. The summed E-state index contributed by atoms with van der Waals surface area (Å²) in [7, 11) is 0. The minimum Gasteiger partial charge on any atom is -0.476 e. The van der Waals surface area contributed by atoms with Crippen molar-refractivity contribution in [1.82, 2.24) is 20.2 Å². The number of hydrogen-bond acceptors (Lipinski definition) is 6. The molecular formula is C11H11N5O2. The molecule has 92 valence electrons. The van der Waals surface area contributed by atoms with E-state index in [-0.39, 0.29) is 5.69 Å². The number of anilines is 1. The molecule has 0 aliphatic rings. The molecule has 0 saturated heterocycles. The molecule has 0 amide bonds. The Hall–Kier alpha value is -2.57. The molecule has 2 heterocycles. The standard InChI is InChI=1S/C11H11N5O2/c1-7-4-13-8(5-12-7)6-14-10-3-2-9(11(17)18)15-16-10/h2-5H,6H2,1H3,(H,14,16)(H,17,18). The van der Waals surface area contributed by atoms with E-state index < -0.39 is 5.97 Å². The molecular weight excluding hydrogens is 234 g/mol. The zero-order chi connectivity index (χ0) is 13.0. The number of nitrogens with one attached hydrogen (secondary N) is 1. The van der Waals surface area contributed by atoms with Crippen molar-refractivity contribution in [1.29, 1.82) is 0 Å². The molecule has 2 aromatic heterocycles. The van der Waals surface area contributed by atoms with Crippen LogP contribution >= 0.6 is 0 Å². The van der Waals surface area contributed by atoms with Gasteiger partial charge in [-0.2, -0.15) is 0 Å². The molecule has 0 spiro atoms.